The Labute approximate surface area is 261 Å². The zero-order chi connectivity index (χ0) is 35.4. The molecule has 0 amide bonds. The van der Waals surface area contributed by atoms with E-state index in [1.807, 2.05) is 0 Å². The quantitative estimate of drug-likeness (QED) is 0.0666. The molecular weight excluding hydrogens is 699 g/mol. The molecule has 1 saturated heterocycles. The van der Waals surface area contributed by atoms with Gasteiger partial charge in [-0.2, -0.15) is 0 Å². The lowest BCUT2D eigenvalue weighted by molar-refractivity contribution is 0.326. The summed E-state index contributed by atoms with van der Waals surface area (Å²) in [5.74, 6) is -45.0. The van der Waals surface area contributed by atoms with E-state index in [1.54, 1.807) is 0 Å². The van der Waals surface area contributed by atoms with Gasteiger partial charge >= 0.3 is 0 Å². The molecule has 0 N–H and O–H groups in total. The predicted octanol–water partition coefficient (Wildman–Crippen LogP) is 7.31. The fourth-order valence-electron chi connectivity index (χ4n) is 5.75. The van der Waals surface area contributed by atoms with E-state index >= 15 is 26.3 Å². The van der Waals surface area contributed by atoms with Crippen molar-refractivity contribution in [3.8, 4) is 0 Å². The van der Waals surface area contributed by atoms with Crippen LogP contribution in [-0.4, -0.2) is 26.1 Å². The van der Waals surface area contributed by atoms with E-state index in [1.165, 1.54) is 35.2 Å². The van der Waals surface area contributed by atoms with Gasteiger partial charge in [-0.15, -0.1) is 0 Å². The third-order valence-corrected chi connectivity index (χ3v) is 12.3. The van der Waals surface area contributed by atoms with Crippen molar-refractivity contribution in [2.45, 2.75) is 19.3 Å². The molecule has 0 saturated carbocycles. The summed E-state index contributed by atoms with van der Waals surface area (Å²) in [6.07, 6.45) is 1.13. The largest absolute Gasteiger partial charge is 0.372 e. The summed E-state index contributed by atoms with van der Waals surface area (Å²) in [5, 5.41) is -7.76. The Hall–Kier alpha value is -4.41. The minimum absolute atomic E-state index is 0.0729. The number of nitrogens with zero attached hydrogens (tertiary/aromatic N) is 1. The second-order valence-electron chi connectivity index (χ2n) is 10.6. The van der Waals surface area contributed by atoms with Gasteiger partial charge in [0, 0.05) is 34.3 Å². The minimum Gasteiger partial charge on any atom is -0.372 e. The van der Waals surface area contributed by atoms with Crippen LogP contribution >= 0.6 is 0 Å². The SMILES string of the molecule is Fc1c(F)c(F)c([Si](/C=C(/c2ccccc2)N2CCCCC2)(c2c(F)c(F)c(F)c(F)c2F)c2c(F)c(F)c(F)c(F)c2F)c(F)c1F. The van der Waals surface area contributed by atoms with Crippen LogP contribution in [0, 0.1) is 87.3 Å². The summed E-state index contributed by atoms with van der Waals surface area (Å²) in [6, 6.07) is 6.31. The van der Waals surface area contributed by atoms with E-state index < -0.39 is 117 Å². The first-order valence-corrected chi connectivity index (χ1v) is 15.8. The van der Waals surface area contributed by atoms with Gasteiger partial charge in [-0.3, -0.25) is 0 Å². The summed E-state index contributed by atoms with van der Waals surface area (Å²) in [6.45, 7) is -0.146. The van der Waals surface area contributed by atoms with Crippen LogP contribution in [0.2, 0.25) is 0 Å². The monoisotopic (exact) mass is 715 g/mol. The Morgan fingerprint density at radius 1 is 0.417 bits per heavy atom. The maximum absolute atomic E-state index is 15.9. The van der Waals surface area contributed by atoms with Crippen LogP contribution in [0.5, 0.6) is 0 Å². The highest BCUT2D eigenvalue weighted by Gasteiger charge is 2.55. The van der Waals surface area contributed by atoms with Gasteiger partial charge in [0.05, 0.1) is 0 Å². The third kappa shape index (κ3) is 5.22. The lowest BCUT2D eigenvalue weighted by atomic mass is 10.1. The Morgan fingerprint density at radius 3 is 1.02 bits per heavy atom. The van der Waals surface area contributed by atoms with Crippen LogP contribution in [-0.2, 0) is 0 Å². The Balaban J connectivity index is 2.22. The van der Waals surface area contributed by atoms with Crippen molar-refractivity contribution in [3.63, 3.8) is 0 Å². The maximum atomic E-state index is 15.9. The number of likely N-dealkylation sites (tertiary alicyclic amines) is 1. The zero-order valence-electron chi connectivity index (χ0n) is 23.6. The van der Waals surface area contributed by atoms with Gasteiger partial charge in [-0.25, -0.2) is 65.9 Å². The highest BCUT2D eigenvalue weighted by molar-refractivity contribution is 7.15. The van der Waals surface area contributed by atoms with Crippen molar-refractivity contribution >= 4 is 29.3 Å². The molecule has 0 unspecified atom stereocenters. The van der Waals surface area contributed by atoms with Gasteiger partial charge in [-0.05, 0) is 24.8 Å². The molecule has 1 heterocycles. The summed E-state index contributed by atoms with van der Waals surface area (Å²) < 4.78 is 228. The molecule has 1 aliphatic rings. The molecule has 254 valence electrons. The van der Waals surface area contributed by atoms with E-state index in [0.717, 1.165) is 0 Å². The van der Waals surface area contributed by atoms with Crippen molar-refractivity contribution in [2.75, 3.05) is 13.1 Å². The average molecular weight is 716 g/mol. The van der Waals surface area contributed by atoms with Gasteiger partial charge in [0.1, 0.15) is 0 Å². The predicted molar refractivity (Wildman–Crippen MR) is 143 cm³/mol. The normalized spacial score (nSPS) is 14.2. The molecule has 4 aromatic carbocycles. The van der Waals surface area contributed by atoms with E-state index in [4.69, 9.17) is 0 Å². The molecule has 0 bridgehead atoms. The summed E-state index contributed by atoms with van der Waals surface area (Å²) in [7, 11) is -7.17. The van der Waals surface area contributed by atoms with Gasteiger partial charge in [-0.1, -0.05) is 36.0 Å². The molecule has 17 heteroatoms. The molecule has 0 aliphatic carbocycles. The lowest BCUT2D eigenvalue weighted by Gasteiger charge is -2.37. The molecule has 0 atom stereocenters. The number of piperidine rings is 1. The number of hydrogen-bond donors (Lipinski definition) is 0. The molecule has 0 spiro atoms. The highest BCUT2D eigenvalue weighted by atomic mass is 28.3. The zero-order valence-corrected chi connectivity index (χ0v) is 24.6. The molecule has 1 aliphatic heterocycles. The van der Waals surface area contributed by atoms with Gasteiger partial charge < -0.3 is 4.90 Å². The summed E-state index contributed by atoms with van der Waals surface area (Å²) >= 11 is 0. The average Bonchev–Trinajstić information content (AvgIpc) is 3.09. The summed E-state index contributed by atoms with van der Waals surface area (Å²) in [4.78, 5) is 1.23. The van der Waals surface area contributed by atoms with Crippen molar-refractivity contribution in [1.82, 2.24) is 4.90 Å². The van der Waals surface area contributed by atoms with Crippen LogP contribution in [0.3, 0.4) is 0 Å². The van der Waals surface area contributed by atoms with Gasteiger partial charge in [0.15, 0.2) is 77.9 Å². The standard InChI is InChI=1S/C31H16F15NSi/c32-14-17(35)23(41)29(24(42)18(14)36)48(30-25(43)19(37)15(33)20(38)26(30)44,31-27(45)21(39)16(34)22(40)28(31)46)11-13(12-7-3-1-4-8-12)47-9-5-2-6-10-47/h1,3-4,7-8,11H,2,5-6,9-10H2/b13-11-. The second kappa shape index (κ2) is 12.9. The topological polar surface area (TPSA) is 3.24 Å². The van der Waals surface area contributed by atoms with E-state index in [-0.39, 0.29) is 24.4 Å². The van der Waals surface area contributed by atoms with Crippen LogP contribution in [0.1, 0.15) is 24.8 Å². The Bertz CT molecular complexity index is 1720. The van der Waals surface area contributed by atoms with Crippen molar-refractivity contribution < 1.29 is 65.9 Å². The van der Waals surface area contributed by atoms with Gasteiger partial charge in [0.2, 0.25) is 17.5 Å². The van der Waals surface area contributed by atoms with Crippen LogP contribution in [0.4, 0.5) is 65.9 Å². The Kier molecular flexibility index (Phi) is 9.38. The first-order valence-electron chi connectivity index (χ1n) is 13.7. The van der Waals surface area contributed by atoms with Crippen molar-refractivity contribution in [2.24, 2.45) is 0 Å². The maximum Gasteiger partial charge on any atom is 0.200 e. The third-order valence-electron chi connectivity index (χ3n) is 7.93. The number of halogens is 15. The Morgan fingerprint density at radius 2 is 0.708 bits per heavy atom. The van der Waals surface area contributed by atoms with Crippen molar-refractivity contribution in [1.29, 1.82) is 0 Å². The molecule has 5 rings (SSSR count). The van der Waals surface area contributed by atoms with Crippen molar-refractivity contribution in [3.05, 3.63) is 129 Å². The molecule has 1 nitrogen and oxygen atoms in total. The fraction of sp³-hybridized carbons (Fsp3) is 0.161. The molecule has 0 aromatic heterocycles. The molecule has 0 radical (unpaired) electrons. The number of rotatable bonds is 6. The summed E-state index contributed by atoms with van der Waals surface area (Å²) in [5.41, 5.74) is -0.658. The van der Waals surface area contributed by atoms with E-state index in [0.29, 0.717) is 19.3 Å². The number of hydrogen-bond acceptors (Lipinski definition) is 1. The molecular formula is C31H16F15NSi. The smallest absolute Gasteiger partial charge is 0.200 e. The second-order valence-corrected chi connectivity index (χ2v) is 14.0. The van der Waals surface area contributed by atoms with E-state index in [2.05, 4.69) is 0 Å². The van der Waals surface area contributed by atoms with E-state index in [9.17, 15) is 39.5 Å². The van der Waals surface area contributed by atoms with Crippen LogP contribution in [0.25, 0.3) is 5.70 Å². The fourth-order valence-corrected chi connectivity index (χ4v) is 10.4. The lowest BCUT2D eigenvalue weighted by Crippen LogP contribution is -2.72. The first kappa shape index (κ1) is 34.9. The number of benzene rings is 4. The molecule has 48 heavy (non-hydrogen) atoms. The van der Waals surface area contributed by atoms with Gasteiger partial charge in [0.25, 0.3) is 0 Å². The van der Waals surface area contributed by atoms with Crippen LogP contribution in [0.15, 0.2) is 36.0 Å². The van der Waals surface area contributed by atoms with Crippen LogP contribution < -0.4 is 15.6 Å². The first-order chi connectivity index (χ1) is 22.6. The molecule has 4 aromatic rings. The highest BCUT2D eigenvalue weighted by Crippen LogP contribution is 2.32. The minimum atomic E-state index is -7.17. The molecule has 1 fully saturated rings.